The van der Waals surface area contributed by atoms with Crippen molar-refractivity contribution in [1.82, 2.24) is 0 Å². The van der Waals surface area contributed by atoms with Crippen molar-refractivity contribution < 1.29 is 24.5 Å². The van der Waals surface area contributed by atoms with Crippen molar-refractivity contribution in [1.29, 1.82) is 0 Å². The zero-order valence-corrected chi connectivity index (χ0v) is 21.4. The van der Waals surface area contributed by atoms with Gasteiger partial charge in [-0.1, -0.05) is 41.2 Å². The zero-order valence-electron chi connectivity index (χ0n) is 21.4. The van der Waals surface area contributed by atoms with Gasteiger partial charge in [-0.25, -0.2) is 0 Å². The van der Waals surface area contributed by atoms with Crippen LogP contribution in [0.1, 0.15) is 80.6 Å². The number of carbonyl (C=O) groups is 2. The van der Waals surface area contributed by atoms with Gasteiger partial charge in [-0.2, -0.15) is 0 Å². The number of ketones is 1. The second-order valence-electron chi connectivity index (χ2n) is 12.5. The third-order valence-electron chi connectivity index (χ3n) is 10.9. The van der Waals surface area contributed by atoms with Crippen molar-refractivity contribution >= 4 is 11.8 Å². The molecule has 3 fully saturated rings. The lowest BCUT2D eigenvalue weighted by atomic mass is 9.33. The van der Waals surface area contributed by atoms with Crippen LogP contribution in [0.15, 0.2) is 12.2 Å². The maximum Gasteiger partial charge on any atom is 0.316 e. The van der Waals surface area contributed by atoms with Crippen molar-refractivity contribution in [2.24, 2.45) is 44.8 Å². The van der Waals surface area contributed by atoms with Gasteiger partial charge < -0.3 is 14.9 Å². The molecule has 5 heteroatoms. The molecule has 0 heterocycles. The number of rotatable bonds is 4. The summed E-state index contributed by atoms with van der Waals surface area (Å²) in [6.07, 6.45) is 3.59. The average Bonchev–Trinajstić information content (AvgIpc) is 2.75. The van der Waals surface area contributed by atoms with E-state index in [0.717, 1.165) is 25.7 Å². The summed E-state index contributed by atoms with van der Waals surface area (Å²) < 4.78 is 5.36. The first kappa shape index (κ1) is 25.4. The number of ether oxygens (including phenoxy) is 1. The largest absolute Gasteiger partial charge is 0.468 e. The van der Waals surface area contributed by atoms with Crippen molar-refractivity contribution in [3.63, 3.8) is 0 Å². The normalized spacial score (nSPS) is 46.6. The van der Waals surface area contributed by atoms with Gasteiger partial charge in [-0.3, -0.25) is 9.59 Å². The summed E-state index contributed by atoms with van der Waals surface area (Å²) >= 11 is 0. The Labute approximate surface area is 194 Å². The third-order valence-corrected chi connectivity index (χ3v) is 10.9. The molecule has 0 amide bonds. The molecule has 0 aromatic heterocycles. The van der Waals surface area contributed by atoms with Crippen LogP contribution in [0, 0.1) is 44.8 Å². The SMILES string of the molecule is C=C1[C@@](C)(C(=O)C(C)CO)CC2[C@@]3(C)CC[C@H](O)C(C)(C)C3CC[C@@]2(C)[C@]1(C)C(=O)OC. The van der Waals surface area contributed by atoms with E-state index in [0.29, 0.717) is 17.9 Å². The van der Waals surface area contributed by atoms with Crippen LogP contribution in [0.25, 0.3) is 0 Å². The highest BCUT2D eigenvalue weighted by Gasteiger charge is 2.72. The molecule has 3 saturated carbocycles. The Bertz CT molecular complexity index is 817. The van der Waals surface area contributed by atoms with E-state index in [1.54, 1.807) is 6.92 Å². The van der Waals surface area contributed by atoms with Crippen LogP contribution in [0.4, 0.5) is 0 Å². The number of methoxy groups -OCH3 is 1. The summed E-state index contributed by atoms with van der Waals surface area (Å²) in [5.74, 6) is -0.542. The monoisotopic (exact) mass is 448 g/mol. The highest BCUT2D eigenvalue weighted by molar-refractivity contribution is 5.93. The molecule has 2 N–H and O–H groups in total. The topological polar surface area (TPSA) is 83.8 Å². The molecule has 3 rings (SSSR count). The summed E-state index contributed by atoms with van der Waals surface area (Å²) in [5, 5.41) is 20.6. The van der Waals surface area contributed by atoms with Crippen molar-refractivity contribution in [3.8, 4) is 0 Å². The Kier molecular flexibility index (Phi) is 6.09. The van der Waals surface area contributed by atoms with Crippen LogP contribution in [-0.4, -0.2) is 41.8 Å². The molecule has 0 spiro atoms. The molecule has 5 nitrogen and oxygen atoms in total. The van der Waals surface area contributed by atoms with Crippen LogP contribution in [-0.2, 0) is 14.3 Å². The van der Waals surface area contributed by atoms with Crippen LogP contribution < -0.4 is 0 Å². The van der Waals surface area contributed by atoms with E-state index >= 15 is 0 Å². The molecular formula is C27H44O5. The van der Waals surface area contributed by atoms with Gasteiger partial charge in [0.05, 0.1) is 25.2 Å². The Morgan fingerprint density at radius 3 is 2.22 bits per heavy atom. The quantitative estimate of drug-likeness (QED) is 0.487. The Hall–Kier alpha value is -1.20. The van der Waals surface area contributed by atoms with Gasteiger partial charge in [0.2, 0.25) is 0 Å². The maximum absolute atomic E-state index is 13.7. The molecule has 3 aliphatic carbocycles. The zero-order chi connectivity index (χ0) is 24.5. The molecule has 0 radical (unpaired) electrons. The van der Waals surface area contributed by atoms with E-state index in [9.17, 15) is 19.8 Å². The summed E-state index contributed by atoms with van der Waals surface area (Å²) in [7, 11) is 1.41. The van der Waals surface area contributed by atoms with Crippen LogP contribution in [0.2, 0.25) is 0 Å². The van der Waals surface area contributed by atoms with E-state index in [2.05, 4.69) is 34.3 Å². The van der Waals surface area contributed by atoms with Crippen molar-refractivity contribution in [2.45, 2.75) is 86.7 Å². The van der Waals surface area contributed by atoms with Crippen LogP contribution in [0.3, 0.4) is 0 Å². The van der Waals surface area contributed by atoms with E-state index in [-0.39, 0.29) is 41.2 Å². The average molecular weight is 449 g/mol. The molecule has 32 heavy (non-hydrogen) atoms. The van der Waals surface area contributed by atoms with Crippen LogP contribution >= 0.6 is 0 Å². The van der Waals surface area contributed by atoms with Gasteiger partial charge in [0.25, 0.3) is 0 Å². The fourth-order valence-corrected chi connectivity index (χ4v) is 8.46. The second-order valence-corrected chi connectivity index (χ2v) is 12.5. The molecule has 3 unspecified atom stereocenters. The highest BCUT2D eigenvalue weighted by atomic mass is 16.5. The molecule has 8 atom stereocenters. The summed E-state index contributed by atoms with van der Waals surface area (Å²) in [5.41, 5.74) is -2.10. The molecule has 0 aromatic carbocycles. The van der Waals surface area contributed by atoms with Gasteiger partial charge in [0, 0.05) is 11.3 Å². The lowest BCUT2D eigenvalue weighted by molar-refractivity contribution is -0.219. The van der Waals surface area contributed by atoms with Gasteiger partial charge in [-0.05, 0) is 79.6 Å². The number of Topliss-reactive ketones (excluding diaryl/α,β-unsaturated/α-hetero) is 1. The molecule has 3 aliphatic rings. The standard InChI is InChI=1S/C27H44O5/c1-16(15-28)21(30)25(6)14-19-24(5)12-11-20(29)23(3,4)18(24)10-13-26(19,7)27(8,17(25)2)22(31)32-9/h16,18-20,28-29H,2,10-15H2,1,3-9H3/t16?,18?,19?,20-,24-,25-,26+,27-/m0/s1. The highest BCUT2D eigenvalue weighted by Crippen LogP contribution is 2.74. The van der Waals surface area contributed by atoms with E-state index < -0.39 is 22.2 Å². The maximum atomic E-state index is 13.7. The van der Waals surface area contributed by atoms with E-state index in [4.69, 9.17) is 4.74 Å². The minimum Gasteiger partial charge on any atom is -0.468 e. The minimum atomic E-state index is -1.02. The van der Waals surface area contributed by atoms with E-state index in [1.807, 2.05) is 13.8 Å². The first-order valence-corrected chi connectivity index (χ1v) is 12.2. The number of aliphatic hydroxyl groups is 2. The summed E-state index contributed by atoms with van der Waals surface area (Å²) in [6, 6.07) is 0. The van der Waals surface area contributed by atoms with Gasteiger partial charge in [0.1, 0.15) is 5.78 Å². The number of esters is 1. The predicted molar refractivity (Wildman–Crippen MR) is 125 cm³/mol. The third kappa shape index (κ3) is 2.95. The Morgan fingerprint density at radius 2 is 1.69 bits per heavy atom. The number of aliphatic hydroxyl groups excluding tert-OH is 2. The lowest BCUT2D eigenvalue weighted by Gasteiger charge is -2.70. The second kappa shape index (κ2) is 7.66. The Balaban J connectivity index is 2.24. The fraction of sp³-hybridized carbons (Fsp3) is 0.852. The molecular weight excluding hydrogens is 404 g/mol. The van der Waals surface area contributed by atoms with Crippen molar-refractivity contribution in [3.05, 3.63) is 12.2 Å². The first-order chi connectivity index (χ1) is 14.6. The number of carbonyl (C=O) groups excluding carboxylic acids is 2. The number of hydrogen-bond acceptors (Lipinski definition) is 5. The molecule has 182 valence electrons. The van der Waals surface area contributed by atoms with Gasteiger partial charge >= 0.3 is 5.97 Å². The molecule has 0 aliphatic heterocycles. The lowest BCUT2D eigenvalue weighted by Crippen LogP contribution is -2.68. The summed E-state index contributed by atoms with van der Waals surface area (Å²) in [4.78, 5) is 27.1. The van der Waals surface area contributed by atoms with Gasteiger partial charge in [-0.15, -0.1) is 0 Å². The van der Waals surface area contributed by atoms with Gasteiger partial charge in [0.15, 0.2) is 0 Å². The fourth-order valence-electron chi connectivity index (χ4n) is 8.46. The molecule has 0 bridgehead atoms. The first-order valence-electron chi connectivity index (χ1n) is 12.2. The Morgan fingerprint density at radius 1 is 1.09 bits per heavy atom. The smallest absolute Gasteiger partial charge is 0.316 e. The predicted octanol–water partition coefficient (Wildman–Crippen LogP) is 4.55. The van der Waals surface area contributed by atoms with Crippen LogP contribution in [0.5, 0.6) is 0 Å². The summed E-state index contributed by atoms with van der Waals surface area (Å²) in [6.45, 7) is 18.6. The minimum absolute atomic E-state index is 0.0528. The van der Waals surface area contributed by atoms with Crippen molar-refractivity contribution in [2.75, 3.05) is 13.7 Å². The van der Waals surface area contributed by atoms with E-state index in [1.165, 1.54) is 7.11 Å². The number of fused-ring (bicyclic) bond motifs is 3. The molecule has 0 aromatic rings. The molecule has 0 saturated heterocycles. The number of hydrogen-bond donors (Lipinski definition) is 2.